The number of carbonyl (C=O) groups is 2. The molecule has 23 heavy (non-hydrogen) atoms. The number of esters is 2. The number of ether oxygens (including phenoxy) is 2. The van der Waals surface area contributed by atoms with Gasteiger partial charge in [-0.3, -0.25) is 9.35 Å². The van der Waals surface area contributed by atoms with Crippen molar-refractivity contribution in [3.63, 3.8) is 0 Å². The number of alkyl halides is 4. The first kappa shape index (κ1) is 16.4. The molecule has 0 aromatic carbocycles. The molecule has 1 saturated heterocycles. The van der Waals surface area contributed by atoms with E-state index in [1.165, 1.54) is 0 Å². The molecule has 0 amide bonds. The molecule has 0 spiro atoms. The average Bonchev–Trinajstić information content (AvgIpc) is 2.99. The summed E-state index contributed by atoms with van der Waals surface area (Å²) in [5.41, 5.74) is 0. The van der Waals surface area contributed by atoms with Crippen LogP contribution in [0.15, 0.2) is 0 Å². The predicted octanol–water partition coefficient (Wildman–Crippen LogP) is 0.595. The number of fused-ring (bicyclic) bond motifs is 1. The molecule has 7 nitrogen and oxygen atoms in total. The third-order valence-electron chi connectivity index (χ3n) is 4.64. The average molecular weight is 362 g/mol. The van der Waals surface area contributed by atoms with Crippen LogP contribution in [0.3, 0.4) is 0 Å². The molecule has 0 aromatic rings. The first-order chi connectivity index (χ1) is 10.4. The predicted molar refractivity (Wildman–Crippen MR) is 60.9 cm³/mol. The third kappa shape index (κ3) is 2.07. The van der Waals surface area contributed by atoms with E-state index in [4.69, 9.17) is 9.29 Å². The van der Waals surface area contributed by atoms with Gasteiger partial charge in [0.05, 0.1) is 5.92 Å². The van der Waals surface area contributed by atoms with E-state index in [9.17, 15) is 35.6 Å². The summed E-state index contributed by atoms with van der Waals surface area (Å²) in [6.45, 7) is 0. The van der Waals surface area contributed by atoms with Gasteiger partial charge in [0.25, 0.3) is 0 Å². The summed E-state index contributed by atoms with van der Waals surface area (Å²) in [5, 5.41) is -5.59. The summed E-state index contributed by atoms with van der Waals surface area (Å²) >= 11 is 0. The Morgan fingerprint density at radius 1 is 1.26 bits per heavy atom. The van der Waals surface area contributed by atoms with E-state index in [-0.39, 0.29) is 12.3 Å². The van der Waals surface area contributed by atoms with Crippen molar-refractivity contribution < 1.29 is 49.6 Å². The molecule has 3 aliphatic rings. The van der Waals surface area contributed by atoms with Crippen molar-refractivity contribution in [2.45, 2.75) is 36.2 Å². The van der Waals surface area contributed by atoms with Gasteiger partial charge in [-0.25, -0.2) is 9.18 Å². The van der Waals surface area contributed by atoms with Crippen molar-refractivity contribution in [3.05, 3.63) is 0 Å². The summed E-state index contributed by atoms with van der Waals surface area (Å²) in [6, 6.07) is 0. The lowest BCUT2D eigenvalue weighted by Gasteiger charge is -2.29. The molecule has 12 heteroatoms. The maximum atomic E-state index is 13.9. The van der Waals surface area contributed by atoms with Gasteiger partial charge in [0, 0.05) is 11.8 Å². The van der Waals surface area contributed by atoms with E-state index in [0.717, 1.165) is 0 Å². The van der Waals surface area contributed by atoms with Gasteiger partial charge in [0.2, 0.25) is 0 Å². The number of carbonyl (C=O) groups excluding carboxylic acids is 2. The molecule has 3 rings (SSSR count). The largest absolute Gasteiger partial charge is 0.458 e. The second-order valence-electron chi connectivity index (χ2n) is 5.84. The Morgan fingerprint density at radius 3 is 2.39 bits per heavy atom. The smallest absolute Gasteiger partial charge is 0.451 e. The zero-order valence-electron chi connectivity index (χ0n) is 11.1. The van der Waals surface area contributed by atoms with Gasteiger partial charge in [-0.15, -0.1) is 0 Å². The summed E-state index contributed by atoms with van der Waals surface area (Å²) in [4.78, 5) is 23.0. The molecule has 2 bridgehead atoms. The topological polar surface area (TPSA) is 107 Å². The van der Waals surface area contributed by atoms with Crippen LogP contribution in [0.2, 0.25) is 0 Å². The molecular weight excluding hydrogens is 352 g/mol. The summed E-state index contributed by atoms with van der Waals surface area (Å²) < 4.78 is 91.2. The second-order valence-corrected chi connectivity index (χ2v) is 7.35. The third-order valence-corrected chi connectivity index (χ3v) is 5.75. The molecule has 2 aliphatic carbocycles. The molecule has 1 N–H and O–H groups in total. The minimum atomic E-state index is -6.47. The molecule has 1 heterocycles. The van der Waals surface area contributed by atoms with Gasteiger partial charge in [0.1, 0.15) is 12.2 Å². The lowest BCUT2D eigenvalue weighted by Crippen LogP contribution is -2.56. The van der Waals surface area contributed by atoms with E-state index in [1.54, 1.807) is 0 Å². The first-order valence-corrected chi connectivity index (χ1v) is 7.96. The van der Waals surface area contributed by atoms with Gasteiger partial charge in [0.15, 0.2) is 0 Å². The number of rotatable bonds is 3. The van der Waals surface area contributed by atoms with E-state index >= 15 is 0 Å². The Hall–Kier alpha value is -1.43. The van der Waals surface area contributed by atoms with Crippen molar-refractivity contribution in [2.24, 2.45) is 17.8 Å². The Balaban J connectivity index is 1.86. The fourth-order valence-corrected chi connectivity index (χ4v) is 4.18. The molecule has 6 atom stereocenters. The summed E-state index contributed by atoms with van der Waals surface area (Å²) in [5.74, 6) is -4.66. The first-order valence-electron chi connectivity index (χ1n) is 6.52. The normalized spacial score (nSPS) is 38.3. The fourth-order valence-electron chi connectivity index (χ4n) is 3.63. The molecule has 2 saturated carbocycles. The zero-order chi connectivity index (χ0) is 17.4. The van der Waals surface area contributed by atoms with Crippen LogP contribution in [0, 0.1) is 17.8 Å². The highest BCUT2D eigenvalue weighted by Gasteiger charge is 2.74. The summed E-state index contributed by atoms with van der Waals surface area (Å²) in [7, 11) is -6.47. The van der Waals surface area contributed by atoms with Crippen molar-refractivity contribution in [1.29, 1.82) is 0 Å². The maximum Gasteiger partial charge on any atom is 0.451 e. The quantitative estimate of drug-likeness (QED) is 0.445. The molecule has 3 fully saturated rings. The van der Waals surface area contributed by atoms with Gasteiger partial charge < -0.3 is 9.47 Å². The fraction of sp³-hybridized carbons (Fsp3) is 0.818. The van der Waals surface area contributed by atoms with Crippen LogP contribution >= 0.6 is 0 Å². The zero-order valence-corrected chi connectivity index (χ0v) is 11.9. The minimum absolute atomic E-state index is 0.203. The molecular formula is C11H10F4O7S. The van der Waals surface area contributed by atoms with Crippen LogP contribution in [-0.4, -0.2) is 48.3 Å². The van der Waals surface area contributed by atoms with E-state index < -0.39 is 57.3 Å². The van der Waals surface area contributed by atoms with Gasteiger partial charge in [-0.1, -0.05) is 0 Å². The van der Waals surface area contributed by atoms with Crippen LogP contribution in [0.1, 0.15) is 12.8 Å². The molecule has 130 valence electrons. The van der Waals surface area contributed by atoms with Crippen LogP contribution in [-0.2, 0) is 29.2 Å². The Morgan fingerprint density at radius 2 is 1.87 bits per heavy atom. The monoisotopic (exact) mass is 362 g/mol. The van der Waals surface area contributed by atoms with E-state index in [1.807, 2.05) is 0 Å². The Kier molecular flexibility index (Phi) is 3.26. The Bertz CT molecular complexity index is 674. The second kappa shape index (κ2) is 4.56. The highest BCUT2D eigenvalue weighted by molar-refractivity contribution is 7.88. The molecule has 6 unspecified atom stereocenters. The van der Waals surface area contributed by atoms with Crippen molar-refractivity contribution in [1.82, 2.24) is 0 Å². The van der Waals surface area contributed by atoms with Crippen molar-refractivity contribution >= 4 is 22.1 Å². The SMILES string of the molecule is O=C1OC2C3CC(CC13)C2OC(=O)C(F)(C(F)(F)F)S(=O)(=O)O. The summed E-state index contributed by atoms with van der Waals surface area (Å²) in [6.07, 6.45) is -8.07. The lowest BCUT2D eigenvalue weighted by atomic mass is 9.88. The lowest BCUT2D eigenvalue weighted by molar-refractivity contribution is -0.221. The Labute approximate surface area is 126 Å². The van der Waals surface area contributed by atoms with Crippen LogP contribution < -0.4 is 0 Å². The molecule has 1 aliphatic heterocycles. The van der Waals surface area contributed by atoms with Crippen LogP contribution in [0.25, 0.3) is 0 Å². The minimum Gasteiger partial charge on any atom is -0.458 e. The number of halogens is 4. The van der Waals surface area contributed by atoms with Crippen LogP contribution in [0.4, 0.5) is 17.6 Å². The van der Waals surface area contributed by atoms with Gasteiger partial charge >= 0.3 is 33.2 Å². The van der Waals surface area contributed by atoms with E-state index in [2.05, 4.69) is 4.74 Å². The van der Waals surface area contributed by atoms with Crippen LogP contribution in [0.5, 0.6) is 0 Å². The maximum absolute atomic E-state index is 13.9. The van der Waals surface area contributed by atoms with Crippen molar-refractivity contribution in [3.8, 4) is 0 Å². The molecule has 0 radical (unpaired) electrons. The van der Waals surface area contributed by atoms with Gasteiger partial charge in [-0.2, -0.15) is 21.6 Å². The van der Waals surface area contributed by atoms with Gasteiger partial charge in [-0.05, 0) is 12.8 Å². The van der Waals surface area contributed by atoms with Crippen molar-refractivity contribution in [2.75, 3.05) is 0 Å². The number of hydrogen-bond acceptors (Lipinski definition) is 6. The highest BCUT2D eigenvalue weighted by Crippen LogP contribution is 2.56. The number of hydrogen-bond donors (Lipinski definition) is 1. The highest BCUT2D eigenvalue weighted by atomic mass is 32.2. The molecule has 0 aromatic heterocycles. The standard InChI is InChI=1S/C11H10F4O7S/c12-10(11(13,14)15,23(18,19)20)9(17)22-6-3-1-4-5(2-3)8(16)21-7(4)6/h3-7H,1-2H2,(H,18,19,20). The van der Waals surface area contributed by atoms with E-state index in [0.29, 0.717) is 6.42 Å².